The van der Waals surface area contributed by atoms with Crippen molar-refractivity contribution in [3.05, 3.63) is 34.9 Å². The third-order valence-corrected chi connectivity index (χ3v) is 5.56. The van der Waals surface area contributed by atoms with Crippen LogP contribution < -0.4 is 9.47 Å². The predicted molar refractivity (Wildman–Crippen MR) is 86.6 cm³/mol. The van der Waals surface area contributed by atoms with Crippen LogP contribution in [0, 0.1) is 11.8 Å². The average Bonchev–Trinajstić information content (AvgIpc) is 2.50. The maximum Gasteiger partial charge on any atom is 0.161 e. The summed E-state index contributed by atoms with van der Waals surface area (Å²) in [5.41, 5.74) is 3.13. The lowest BCUT2D eigenvalue weighted by Gasteiger charge is -2.47. The fourth-order valence-corrected chi connectivity index (χ4v) is 4.36. The van der Waals surface area contributed by atoms with E-state index in [0.29, 0.717) is 11.7 Å². The van der Waals surface area contributed by atoms with Gasteiger partial charge in [-0.15, -0.1) is 0 Å². The van der Waals surface area contributed by atoms with Crippen molar-refractivity contribution in [1.82, 2.24) is 0 Å². The number of allylic oxidation sites excluding steroid dienone is 2. The Morgan fingerprint density at radius 1 is 1.14 bits per heavy atom. The molecule has 22 heavy (non-hydrogen) atoms. The van der Waals surface area contributed by atoms with Crippen LogP contribution in [0.5, 0.6) is 11.5 Å². The Morgan fingerprint density at radius 2 is 1.77 bits per heavy atom. The molecule has 2 aliphatic carbocycles. The van der Waals surface area contributed by atoms with Gasteiger partial charge in [0, 0.05) is 17.0 Å². The Bertz CT molecular complexity index is 655. The van der Waals surface area contributed by atoms with Crippen LogP contribution in [0.3, 0.4) is 0 Å². The molecule has 0 aromatic heterocycles. The van der Waals surface area contributed by atoms with Crippen molar-refractivity contribution in [3.8, 4) is 11.5 Å². The first-order valence-corrected chi connectivity index (χ1v) is 7.87. The maximum atomic E-state index is 12.7. The molecule has 0 aliphatic heterocycles. The molecule has 0 radical (unpaired) electrons. The summed E-state index contributed by atoms with van der Waals surface area (Å²) < 4.78 is 11.2. The Hall–Kier alpha value is -1.77. The van der Waals surface area contributed by atoms with Crippen LogP contribution in [0.15, 0.2) is 23.8 Å². The van der Waals surface area contributed by atoms with Gasteiger partial charge >= 0.3 is 0 Å². The minimum Gasteiger partial charge on any atom is -0.496 e. The molecule has 2 unspecified atom stereocenters. The standard InChI is InChI=1S/C19H24O3/c1-11-6-7-14-12(18(11)20)10-13-15(21-4)8-9-16(22-5)17(13)19(14,2)3/h6,8-9,12,14H,7,10H2,1-5H3. The molecule has 0 bridgehead atoms. The third kappa shape index (κ3) is 1.98. The van der Waals surface area contributed by atoms with Gasteiger partial charge in [-0.05, 0) is 48.8 Å². The highest BCUT2D eigenvalue weighted by molar-refractivity contribution is 5.98. The number of carbonyl (C=O) groups excluding carboxylic acids is 1. The first-order chi connectivity index (χ1) is 10.4. The Kier molecular flexibility index (Phi) is 3.54. The van der Waals surface area contributed by atoms with E-state index in [1.165, 1.54) is 5.56 Å². The fourth-order valence-electron chi connectivity index (χ4n) is 4.36. The first-order valence-electron chi connectivity index (χ1n) is 7.87. The maximum absolute atomic E-state index is 12.7. The highest BCUT2D eigenvalue weighted by atomic mass is 16.5. The van der Waals surface area contributed by atoms with Gasteiger partial charge in [0.25, 0.3) is 0 Å². The second kappa shape index (κ2) is 5.15. The molecule has 0 saturated heterocycles. The molecule has 3 heteroatoms. The van der Waals surface area contributed by atoms with E-state index in [2.05, 4.69) is 19.9 Å². The minimum atomic E-state index is -0.120. The van der Waals surface area contributed by atoms with Crippen molar-refractivity contribution in [2.75, 3.05) is 14.2 Å². The fraction of sp³-hybridized carbons (Fsp3) is 0.526. The molecule has 0 amide bonds. The molecule has 118 valence electrons. The second-order valence-electron chi connectivity index (χ2n) is 6.95. The second-order valence-corrected chi connectivity index (χ2v) is 6.95. The van der Waals surface area contributed by atoms with E-state index in [0.717, 1.165) is 35.5 Å². The molecule has 0 heterocycles. The van der Waals surface area contributed by atoms with E-state index in [1.807, 2.05) is 19.1 Å². The minimum absolute atomic E-state index is 0.0495. The lowest BCUT2D eigenvalue weighted by Crippen LogP contribution is -2.45. The smallest absolute Gasteiger partial charge is 0.161 e. The number of rotatable bonds is 2. The van der Waals surface area contributed by atoms with Crippen LogP contribution in [0.2, 0.25) is 0 Å². The van der Waals surface area contributed by atoms with Gasteiger partial charge in [0.15, 0.2) is 5.78 Å². The molecule has 3 nitrogen and oxygen atoms in total. The largest absolute Gasteiger partial charge is 0.496 e. The van der Waals surface area contributed by atoms with Gasteiger partial charge in [-0.2, -0.15) is 0 Å². The lowest BCUT2D eigenvalue weighted by molar-refractivity contribution is -0.122. The van der Waals surface area contributed by atoms with Gasteiger partial charge < -0.3 is 9.47 Å². The van der Waals surface area contributed by atoms with Crippen molar-refractivity contribution < 1.29 is 14.3 Å². The van der Waals surface area contributed by atoms with E-state index in [4.69, 9.17) is 9.47 Å². The van der Waals surface area contributed by atoms with Gasteiger partial charge in [0.2, 0.25) is 0 Å². The predicted octanol–water partition coefficient (Wildman–Crippen LogP) is 3.69. The Morgan fingerprint density at radius 3 is 2.41 bits per heavy atom. The molecular weight excluding hydrogens is 276 g/mol. The molecule has 0 spiro atoms. The highest BCUT2D eigenvalue weighted by Crippen LogP contribution is 2.53. The zero-order valence-electron chi connectivity index (χ0n) is 14.0. The number of ether oxygens (including phenoxy) is 2. The first kappa shape index (κ1) is 15.1. The monoisotopic (exact) mass is 300 g/mol. The topological polar surface area (TPSA) is 35.5 Å². The van der Waals surface area contributed by atoms with E-state index < -0.39 is 0 Å². The van der Waals surface area contributed by atoms with Crippen molar-refractivity contribution >= 4 is 5.78 Å². The zero-order chi connectivity index (χ0) is 16.1. The molecule has 1 aromatic carbocycles. The number of fused-ring (bicyclic) bond motifs is 2. The van der Waals surface area contributed by atoms with Crippen LogP contribution in [-0.2, 0) is 16.6 Å². The van der Waals surface area contributed by atoms with Crippen LogP contribution in [-0.4, -0.2) is 20.0 Å². The summed E-state index contributed by atoms with van der Waals surface area (Å²) in [6, 6.07) is 3.93. The molecule has 3 rings (SSSR count). The van der Waals surface area contributed by atoms with Gasteiger partial charge in [-0.1, -0.05) is 19.9 Å². The Balaban J connectivity index is 2.22. The summed E-state index contributed by atoms with van der Waals surface area (Å²) in [7, 11) is 3.40. The van der Waals surface area contributed by atoms with Crippen LogP contribution in [0.4, 0.5) is 0 Å². The normalized spacial score (nSPS) is 25.9. The van der Waals surface area contributed by atoms with E-state index in [-0.39, 0.29) is 11.3 Å². The molecule has 2 aliphatic rings. The van der Waals surface area contributed by atoms with Crippen LogP contribution >= 0.6 is 0 Å². The molecule has 0 saturated carbocycles. The summed E-state index contributed by atoms with van der Waals surface area (Å²) in [5, 5.41) is 0. The van der Waals surface area contributed by atoms with Gasteiger partial charge in [0.1, 0.15) is 11.5 Å². The third-order valence-electron chi connectivity index (χ3n) is 5.56. The zero-order valence-corrected chi connectivity index (χ0v) is 14.0. The Labute approximate surface area is 132 Å². The van der Waals surface area contributed by atoms with Crippen molar-refractivity contribution in [3.63, 3.8) is 0 Å². The summed E-state index contributed by atoms with van der Waals surface area (Å²) in [4.78, 5) is 12.7. The van der Waals surface area contributed by atoms with Gasteiger partial charge in [0.05, 0.1) is 14.2 Å². The summed E-state index contributed by atoms with van der Waals surface area (Å²) in [5.74, 6) is 2.42. The molecule has 0 N–H and O–H groups in total. The van der Waals surface area contributed by atoms with E-state index >= 15 is 0 Å². The summed E-state index contributed by atoms with van der Waals surface area (Å²) >= 11 is 0. The van der Waals surface area contributed by atoms with E-state index in [9.17, 15) is 4.79 Å². The quantitative estimate of drug-likeness (QED) is 0.835. The number of carbonyl (C=O) groups is 1. The number of methoxy groups -OCH3 is 2. The van der Waals surface area contributed by atoms with Crippen molar-refractivity contribution in [1.29, 1.82) is 0 Å². The van der Waals surface area contributed by atoms with Gasteiger partial charge in [-0.25, -0.2) is 0 Å². The lowest BCUT2D eigenvalue weighted by atomic mass is 9.56. The average molecular weight is 300 g/mol. The van der Waals surface area contributed by atoms with Crippen LogP contribution in [0.25, 0.3) is 0 Å². The van der Waals surface area contributed by atoms with Crippen LogP contribution in [0.1, 0.15) is 38.3 Å². The van der Waals surface area contributed by atoms with E-state index in [1.54, 1.807) is 14.2 Å². The summed E-state index contributed by atoms with van der Waals surface area (Å²) in [6.07, 6.45) is 3.80. The molecule has 1 aromatic rings. The molecular formula is C19H24O3. The number of Topliss-reactive ketones (excluding diaryl/α,β-unsaturated/α-hetero) is 1. The molecule has 0 fully saturated rings. The van der Waals surface area contributed by atoms with Crippen molar-refractivity contribution in [2.24, 2.45) is 11.8 Å². The SMILES string of the molecule is COc1ccc(OC)c2c1CC1C(=O)C(C)=CCC1C2(C)C. The van der Waals surface area contributed by atoms with Gasteiger partial charge in [-0.3, -0.25) is 4.79 Å². The number of benzene rings is 1. The number of ketones is 1. The van der Waals surface area contributed by atoms with Crippen molar-refractivity contribution in [2.45, 2.75) is 39.0 Å². The summed E-state index contributed by atoms with van der Waals surface area (Å²) in [6.45, 7) is 6.39. The molecule has 2 atom stereocenters. The highest BCUT2D eigenvalue weighted by Gasteiger charge is 2.48. The number of hydrogen-bond donors (Lipinski definition) is 0. The number of hydrogen-bond acceptors (Lipinski definition) is 3.